The van der Waals surface area contributed by atoms with E-state index in [0.29, 0.717) is 5.69 Å². The molecule has 0 saturated heterocycles. The highest BCUT2D eigenvalue weighted by Crippen LogP contribution is 2.18. The van der Waals surface area contributed by atoms with Gasteiger partial charge >= 0.3 is 0 Å². The Hall–Kier alpha value is -1.36. The monoisotopic (exact) mass is 326 g/mol. The van der Waals surface area contributed by atoms with E-state index in [4.69, 9.17) is 0 Å². The molecule has 1 aromatic rings. The molecule has 0 heterocycles. The van der Waals surface area contributed by atoms with Crippen LogP contribution in [0.3, 0.4) is 0 Å². The molecule has 1 rings (SSSR count). The second-order valence-electron chi connectivity index (χ2n) is 5.38. The van der Waals surface area contributed by atoms with E-state index in [1.54, 1.807) is 12.1 Å². The normalized spacial score (nSPS) is 11.0. The van der Waals surface area contributed by atoms with Crippen LogP contribution in [0.4, 0.5) is 5.69 Å². The van der Waals surface area contributed by atoms with Crippen LogP contribution in [0.5, 0.6) is 0 Å². The van der Waals surface area contributed by atoms with Gasteiger partial charge < -0.3 is 10.2 Å². The van der Waals surface area contributed by atoms with Crippen molar-refractivity contribution in [1.29, 1.82) is 0 Å². The molecule has 104 valence electrons. The van der Waals surface area contributed by atoms with Crippen LogP contribution in [0.15, 0.2) is 28.7 Å². The van der Waals surface area contributed by atoms with E-state index in [1.165, 1.54) is 11.8 Å². The summed E-state index contributed by atoms with van der Waals surface area (Å²) in [6.45, 7) is 7.19. The molecule has 1 N–H and O–H groups in total. The van der Waals surface area contributed by atoms with Crippen LogP contribution in [0.25, 0.3) is 0 Å². The molecule has 0 unspecified atom stereocenters. The molecule has 0 aliphatic rings. The average Bonchev–Trinajstić information content (AvgIpc) is 2.24. The van der Waals surface area contributed by atoms with Gasteiger partial charge in [0, 0.05) is 22.6 Å². The van der Waals surface area contributed by atoms with Gasteiger partial charge in [0.1, 0.15) is 6.54 Å². The second kappa shape index (κ2) is 6.19. The second-order valence-corrected chi connectivity index (χ2v) is 6.30. The van der Waals surface area contributed by atoms with Crippen LogP contribution in [0.1, 0.15) is 27.7 Å². The van der Waals surface area contributed by atoms with E-state index >= 15 is 0 Å². The molecule has 0 atom stereocenters. The van der Waals surface area contributed by atoms with Crippen molar-refractivity contribution in [1.82, 2.24) is 5.32 Å². The van der Waals surface area contributed by atoms with Crippen molar-refractivity contribution in [3.05, 3.63) is 28.7 Å². The quantitative estimate of drug-likeness (QED) is 0.928. The molecule has 0 aliphatic heterocycles. The van der Waals surface area contributed by atoms with Gasteiger partial charge in [0.05, 0.1) is 0 Å². The average molecular weight is 327 g/mol. The van der Waals surface area contributed by atoms with E-state index in [0.717, 1.165) is 4.47 Å². The Morgan fingerprint density at radius 1 is 1.21 bits per heavy atom. The number of nitrogens with zero attached hydrogens (tertiary/aromatic N) is 1. The molecule has 5 heteroatoms. The molecule has 0 aromatic heterocycles. The molecule has 0 saturated carbocycles. The molecule has 0 spiro atoms. The van der Waals surface area contributed by atoms with Gasteiger partial charge in [0.25, 0.3) is 0 Å². The van der Waals surface area contributed by atoms with Gasteiger partial charge in [0.15, 0.2) is 0 Å². The fourth-order valence-electron chi connectivity index (χ4n) is 1.61. The van der Waals surface area contributed by atoms with Crippen LogP contribution in [0, 0.1) is 0 Å². The van der Waals surface area contributed by atoms with Crippen molar-refractivity contribution < 1.29 is 9.59 Å². The first-order valence-electron chi connectivity index (χ1n) is 6.04. The summed E-state index contributed by atoms with van der Waals surface area (Å²) in [4.78, 5) is 25.0. The topological polar surface area (TPSA) is 49.4 Å². The van der Waals surface area contributed by atoms with Crippen molar-refractivity contribution in [2.24, 2.45) is 0 Å². The first kappa shape index (κ1) is 15.7. The van der Waals surface area contributed by atoms with Crippen molar-refractivity contribution >= 4 is 33.4 Å². The maximum absolute atomic E-state index is 11.9. The fraction of sp³-hybridized carbons (Fsp3) is 0.429. The van der Waals surface area contributed by atoms with Crippen molar-refractivity contribution in [3.8, 4) is 0 Å². The van der Waals surface area contributed by atoms with Crippen LogP contribution in [0.2, 0.25) is 0 Å². The molecule has 0 radical (unpaired) electrons. The number of hydrogen-bond donors (Lipinski definition) is 1. The van der Waals surface area contributed by atoms with Gasteiger partial charge in [-0.2, -0.15) is 0 Å². The lowest BCUT2D eigenvalue weighted by Crippen LogP contribution is -2.47. The molecule has 0 fully saturated rings. The molecule has 1 aromatic carbocycles. The standard InChI is InChI=1S/C14H19BrN2O2/c1-10(18)17(9-13(19)16-14(2,3)4)12-7-5-11(15)6-8-12/h5-8H,9H2,1-4H3,(H,16,19). The SMILES string of the molecule is CC(=O)N(CC(=O)NC(C)(C)C)c1ccc(Br)cc1. The van der Waals surface area contributed by atoms with Crippen LogP contribution < -0.4 is 10.2 Å². The number of carbonyl (C=O) groups excluding carboxylic acids is 2. The predicted molar refractivity (Wildman–Crippen MR) is 80.1 cm³/mol. The summed E-state index contributed by atoms with van der Waals surface area (Å²) in [7, 11) is 0. The van der Waals surface area contributed by atoms with Crippen molar-refractivity contribution in [3.63, 3.8) is 0 Å². The summed E-state index contributed by atoms with van der Waals surface area (Å²) in [5.74, 6) is -0.336. The smallest absolute Gasteiger partial charge is 0.240 e. The highest BCUT2D eigenvalue weighted by atomic mass is 79.9. The number of nitrogens with one attached hydrogen (secondary N) is 1. The van der Waals surface area contributed by atoms with Crippen molar-refractivity contribution in [2.45, 2.75) is 33.2 Å². The Labute approximate surface area is 122 Å². The summed E-state index contributed by atoms with van der Waals surface area (Å²) in [5.41, 5.74) is 0.402. The third-order valence-corrected chi connectivity index (χ3v) is 2.86. The molecule has 4 nitrogen and oxygen atoms in total. The molecule has 0 aliphatic carbocycles. The Balaban J connectivity index is 2.82. The number of hydrogen-bond acceptors (Lipinski definition) is 2. The molecule has 2 amide bonds. The zero-order chi connectivity index (χ0) is 14.6. The minimum Gasteiger partial charge on any atom is -0.350 e. The number of benzene rings is 1. The Morgan fingerprint density at radius 2 is 1.74 bits per heavy atom. The Kier molecular flexibility index (Phi) is 5.11. The Morgan fingerprint density at radius 3 is 2.16 bits per heavy atom. The highest BCUT2D eigenvalue weighted by molar-refractivity contribution is 9.10. The first-order valence-corrected chi connectivity index (χ1v) is 6.83. The van der Waals surface area contributed by atoms with Gasteiger partial charge in [-0.15, -0.1) is 0 Å². The third kappa shape index (κ3) is 5.42. The van der Waals surface area contributed by atoms with Gasteiger partial charge in [0.2, 0.25) is 11.8 Å². The van der Waals surface area contributed by atoms with Crippen LogP contribution in [-0.4, -0.2) is 23.9 Å². The zero-order valence-electron chi connectivity index (χ0n) is 11.7. The number of halogens is 1. The summed E-state index contributed by atoms with van der Waals surface area (Å²) in [6, 6.07) is 7.28. The lowest BCUT2D eigenvalue weighted by Gasteiger charge is -2.25. The lowest BCUT2D eigenvalue weighted by molar-refractivity contribution is -0.124. The van der Waals surface area contributed by atoms with E-state index < -0.39 is 0 Å². The molecular formula is C14H19BrN2O2. The maximum atomic E-state index is 11.9. The van der Waals surface area contributed by atoms with Gasteiger partial charge in [-0.3, -0.25) is 9.59 Å². The van der Waals surface area contributed by atoms with Crippen LogP contribution in [-0.2, 0) is 9.59 Å². The zero-order valence-corrected chi connectivity index (χ0v) is 13.2. The number of amides is 2. The number of anilines is 1. The number of rotatable bonds is 3. The van der Waals surface area contributed by atoms with E-state index in [9.17, 15) is 9.59 Å². The minimum absolute atomic E-state index is 0.0221. The highest BCUT2D eigenvalue weighted by Gasteiger charge is 2.19. The van der Waals surface area contributed by atoms with Crippen LogP contribution >= 0.6 is 15.9 Å². The number of carbonyl (C=O) groups is 2. The summed E-state index contributed by atoms with van der Waals surface area (Å²) in [6.07, 6.45) is 0. The first-order chi connectivity index (χ1) is 8.69. The molecular weight excluding hydrogens is 308 g/mol. The minimum atomic E-state index is -0.306. The summed E-state index contributed by atoms with van der Waals surface area (Å²) < 4.78 is 0.930. The molecule has 19 heavy (non-hydrogen) atoms. The fourth-order valence-corrected chi connectivity index (χ4v) is 1.87. The van der Waals surface area contributed by atoms with E-state index in [-0.39, 0.29) is 23.9 Å². The third-order valence-electron chi connectivity index (χ3n) is 2.33. The molecule has 0 bridgehead atoms. The van der Waals surface area contributed by atoms with Crippen molar-refractivity contribution in [2.75, 3.05) is 11.4 Å². The Bertz CT molecular complexity index is 463. The van der Waals surface area contributed by atoms with Gasteiger partial charge in [-0.1, -0.05) is 15.9 Å². The van der Waals surface area contributed by atoms with Gasteiger partial charge in [-0.25, -0.2) is 0 Å². The predicted octanol–water partition coefficient (Wildman–Crippen LogP) is 2.72. The summed E-state index contributed by atoms with van der Waals surface area (Å²) >= 11 is 3.34. The van der Waals surface area contributed by atoms with E-state index in [2.05, 4.69) is 21.2 Å². The lowest BCUT2D eigenvalue weighted by atomic mass is 10.1. The maximum Gasteiger partial charge on any atom is 0.240 e. The summed E-state index contributed by atoms with van der Waals surface area (Å²) in [5, 5.41) is 2.84. The van der Waals surface area contributed by atoms with E-state index in [1.807, 2.05) is 32.9 Å². The van der Waals surface area contributed by atoms with Gasteiger partial charge in [-0.05, 0) is 45.0 Å². The largest absolute Gasteiger partial charge is 0.350 e.